The molecule has 0 bridgehead atoms. The van der Waals surface area contributed by atoms with Crippen molar-refractivity contribution in [2.75, 3.05) is 13.1 Å². The molecule has 3 aromatic rings. The summed E-state index contributed by atoms with van der Waals surface area (Å²) in [6.07, 6.45) is 0. The molecule has 31 heavy (non-hydrogen) atoms. The Bertz CT molecular complexity index is 1170. The smallest absolute Gasteiger partial charge is 0.338 e. The normalized spacial score (nSPS) is 11.6. The van der Waals surface area contributed by atoms with Gasteiger partial charge in [-0.1, -0.05) is 19.0 Å². The third-order valence-corrected chi connectivity index (χ3v) is 6.60. The van der Waals surface area contributed by atoms with E-state index in [0.29, 0.717) is 13.1 Å². The second kappa shape index (κ2) is 9.36. The first-order valence-corrected chi connectivity index (χ1v) is 10.9. The molecular formula is C21H20F2N2O5S. The zero-order valence-corrected chi connectivity index (χ0v) is 17.7. The molecule has 0 radical (unpaired) electrons. The van der Waals surface area contributed by atoms with Gasteiger partial charge in [-0.15, -0.1) is 0 Å². The molecule has 0 atom stereocenters. The maximum Gasteiger partial charge on any atom is 0.338 e. The van der Waals surface area contributed by atoms with Crippen LogP contribution >= 0.6 is 0 Å². The van der Waals surface area contributed by atoms with Crippen molar-refractivity contribution in [2.24, 2.45) is 0 Å². The summed E-state index contributed by atoms with van der Waals surface area (Å²) in [7, 11) is -3.62. The summed E-state index contributed by atoms with van der Waals surface area (Å²) in [5, 5.41) is 3.71. The Labute approximate surface area is 178 Å². The number of sulfonamides is 1. The standard InChI is InChI=1S/C21H20F2N2O5S/c1-3-25(4-2)31(27,28)17-8-5-14(6-9-17)21(26)29-13-16-12-20(30-24-16)18-10-7-15(22)11-19(18)23/h5-12H,3-4,13H2,1-2H3. The first-order chi connectivity index (χ1) is 14.8. The number of benzene rings is 2. The van der Waals surface area contributed by atoms with Crippen LogP contribution in [0.25, 0.3) is 11.3 Å². The topological polar surface area (TPSA) is 89.7 Å². The van der Waals surface area contributed by atoms with Crippen LogP contribution in [-0.2, 0) is 21.4 Å². The largest absolute Gasteiger partial charge is 0.455 e. The summed E-state index contributed by atoms with van der Waals surface area (Å²) in [5.74, 6) is -2.15. The summed E-state index contributed by atoms with van der Waals surface area (Å²) in [6, 6.07) is 9.82. The first kappa shape index (κ1) is 22.6. The maximum absolute atomic E-state index is 13.8. The Morgan fingerprint density at radius 1 is 1.06 bits per heavy atom. The van der Waals surface area contributed by atoms with E-state index in [2.05, 4.69) is 5.16 Å². The van der Waals surface area contributed by atoms with Gasteiger partial charge in [-0.05, 0) is 36.4 Å². The summed E-state index contributed by atoms with van der Waals surface area (Å²) < 4.78 is 63.3. The van der Waals surface area contributed by atoms with Crippen molar-refractivity contribution in [1.82, 2.24) is 9.46 Å². The molecule has 0 aliphatic rings. The average Bonchev–Trinajstić information content (AvgIpc) is 3.21. The van der Waals surface area contributed by atoms with Gasteiger partial charge in [0.05, 0.1) is 16.0 Å². The molecule has 10 heteroatoms. The van der Waals surface area contributed by atoms with E-state index in [-0.39, 0.29) is 34.1 Å². The molecule has 0 unspecified atom stereocenters. The molecule has 1 heterocycles. The van der Waals surface area contributed by atoms with Crippen LogP contribution in [0.3, 0.4) is 0 Å². The minimum absolute atomic E-state index is 0.0245. The first-order valence-electron chi connectivity index (χ1n) is 9.44. The number of hydrogen-bond donors (Lipinski definition) is 0. The van der Waals surface area contributed by atoms with E-state index in [0.717, 1.165) is 12.1 Å². The lowest BCUT2D eigenvalue weighted by atomic mass is 10.1. The van der Waals surface area contributed by atoms with Crippen LogP contribution in [0.5, 0.6) is 0 Å². The van der Waals surface area contributed by atoms with Gasteiger partial charge in [0.1, 0.15) is 23.9 Å². The van der Waals surface area contributed by atoms with Crippen LogP contribution in [0.1, 0.15) is 29.9 Å². The van der Waals surface area contributed by atoms with Crippen molar-refractivity contribution in [3.63, 3.8) is 0 Å². The van der Waals surface area contributed by atoms with Crippen LogP contribution in [-0.4, -0.2) is 36.9 Å². The van der Waals surface area contributed by atoms with E-state index in [1.807, 2.05) is 0 Å². The Morgan fingerprint density at radius 2 is 1.74 bits per heavy atom. The highest BCUT2D eigenvalue weighted by atomic mass is 32.2. The van der Waals surface area contributed by atoms with Crippen molar-refractivity contribution in [3.8, 4) is 11.3 Å². The van der Waals surface area contributed by atoms with Crippen LogP contribution in [0.2, 0.25) is 0 Å². The molecular weight excluding hydrogens is 430 g/mol. The molecule has 2 aromatic carbocycles. The predicted octanol–water partition coefficient (Wildman–Crippen LogP) is 4.01. The van der Waals surface area contributed by atoms with Gasteiger partial charge >= 0.3 is 5.97 Å². The second-order valence-electron chi connectivity index (χ2n) is 6.50. The lowest BCUT2D eigenvalue weighted by molar-refractivity contribution is 0.0464. The van der Waals surface area contributed by atoms with Crippen molar-refractivity contribution in [3.05, 3.63) is 71.4 Å². The van der Waals surface area contributed by atoms with E-state index < -0.39 is 27.6 Å². The number of nitrogens with zero attached hydrogens (tertiary/aromatic N) is 2. The molecule has 0 amide bonds. The number of rotatable bonds is 8. The molecule has 0 saturated carbocycles. The Morgan fingerprint density at radius 3 is 2.35 bits per heavy atom. The fraction of sp³-hybridized carbons (Fsp3) is 0.238. The fourth-order valence-corrected chi connectivity index (χ4v) is 4.35. The van der Waals surface area contributed by atoms with Gasteiger partial charge in [0.2, 0.25) is 10.0 Å². The molecule has 0 N–H and O–H groups in total. The zero-order chi connectivity index (χ0) is 22.6. The van der Waals surface area contributed by atoms with Crippen LogP contribution < -0.4 is 0 Å². The molecule has 0 spiro atoms. The lowest BCUT2D eigenvalue weighted by Crippen LogP contribution is -2.30. The minimum Gasteiger partial charge on any atom is -0.455 e. The molecule has 164 valence electrons. The lowest BCUT2D eigenvalue weighted by Gasteiger charge is -2.18. The Hall–Kier alpha value is -3.11. The van der Waals surface area contributed by atoms with Crippen LogP contribution in [0, 0.1) is 11.6 Å². The average molecular weight is 450 g/mol. The van der Waals surface area contributed by atoms with Gasteiger partial charge in [-0.2, -0.15) is 4.31 Å². The summed E-state index contributed by atoms with van der Waals surface area (Å²) >= 11 is 0. The number of ether oxygens (including phenoxy) is 1. The van der Waals surface area contributed by atoms with E-state index in [1.165, 1.54) is 40.7 Å². The second-order valence-corrected chi connectivity index (χ2v) is 8.43. The monoisotopic (exact) mass is 450 g/mol. The summed E-state index contributed by atoms with van der Waals surface area (Å²) in [6.45, 7) is 3.91. The van der Waals surface area contributed by atoms with E-state index in [4.69, 9.17) is 9.26 Å². The van der Waals surface area contributed by atoms with Gasteiger partial charge < -0.3 is 9.26 Å². The molecule has 1 aromatic heterocycles. The molecule has 0 saturated heterocycles. The fourth-order valence-electron chi connectivity index (χ4n) is 2.89. The molecule has 3 rings (SSSR count). The van der Waals surface area contributed by atoms with Crippen molar-refractivity contribution >= 4 is 16.0 Å². The van der Waals surface area contributed by atoms with Crippen molar-refractivity contribution in [1.29, 1.82) is 0 Å². The van der Waals surface area contributed by atoms with Crippen LogP contribution in [0.4, 0.5) is 8.78 Å². The van der Waals surface area contributed by atoms with Gasteiger partial charge in [0, 0.05) is 25.2 Å². The molecule has 0 aliphatic carbocycles. The Balaban J connectivity index is 1.66. The van der Waals surface area contributed by atoms with E-state index in [1.54, 1.807) is 13.8 Å². The van der Waals surface area contributed by atoms with Gasteiger partial charge in [0.15, 0.2) is 5.76 Å². The third kappa shape index (κ3) is 4.97. The molecule has 0 aliphatic heterocycles. The van der Waals surface area contributed by atoms with Crippen molar-refractivity contribution in [2.45, 2.75) is 25.3 Å². The molecule has 0 fully saturated rings. The number of esters is 1. The van der Waals surface area contributed by atoms with Crippen molar-refractivity contribution < 1.29 is 31.3 Å². The quantitative estimate of drug-likeness (QED) is 0.482. The number of carbonyl (C=O) groups is 1. The van der Waals surface area contributed by atoms with Gasteiger partial charge in [0.25, 0.3) is 0 Å². The third-order valence-electron chi connectivity index (χ3n) is 4.54. The zero-order valence-electron chi connectivity index (χ0n) is 16.8. The summed E-state index contributed by atoms with van der Waals surface area (Å²) in [5.41, 5.74) is 0.413. The summed E-state index contributed by atoms with van der Waals surface area (Å²) in [4.78, 5) is 12.3. The highest BCUT2D eigenvalue weighted by molar-refractivity contribution is 7.89. The van der Waals surface area contributed by atoms with Gasteiger partial charge in [-0.3, -0.25) is 0 Å². The number of halogens is 2. The predicted molar refractivity (Wildman–Crippen MR) is 108 cm³/mol. The number of hydrogen-bond acceptors (Lipinski definition) is 6. The molecule has 7 nitrogen and oxygen atoms in total. The highest BCUT2D eigenvalue weighted by Crippen LogP contribution is 2.24. The minimum atomic E-state index is -3.62. The number of carbonyl (C=O) groups excluding carboxylic acids is 1. The van der Waals surface area contributed by atoms with Gasteiger partial charge in [-0.25, -0.2) is 22.0 Å². The SMILES string of the molecule is CCN(CC)S(=O)(=O)c1ccc(C(=O)OCc2cc(-c3ccc(F)cc3F)on2)cc1. The Kier molecular flexibility index (Phi) is 6.81. The highest BCUT2D eigenvalue weighted by Gasteiger charge is 2.22. The van der Waals surface area contributed by atoms with Crippen LogP contribution in [0.15, 0.2) is 57.9 Å². The maximum atomic E-state index is 13.8. The van der Waals surface area contributed by atoms with E-state index >= 15 is 0 Å². The number of aromatic nitrogens is 1. The van der Waals surface area contributed by atoms with E-state index in [9.17, 15) is 22.0 Å².